The molecule has 0 bridgehead atoms. The molecule has 0 aliphatic carbocycles. The van der Waals surface area contributed by atoms with Crippen molar-refractivity contribution in [1.29, 1.82) is 0 Å². The molecule has 1 N–H and O–H groups in total. The summed E-state index contributed by atoms with van der Waals surface area (Å²) in [6.45, 7) is 6.50. The molecule has 0 saturated carbocycles. The van der Waals surface area contributed by atoms with Crippen molar-refractivity contribution < 1.29 is 5.11 Å². The Morgan fingerprint density at radius 1 is 0.962 bits per heavy atom. The van der Waals surface area contributed by atoms with Crippen molar-refractivity contribution >= 4 is 0 Å². The van der Waals surface area contributed by atoms with Crippen LogP contribution in [-0.2, 0) is 19.6 Å². The molecule has 3 aromatic rings. The highest BCUT2D eigenvalue weighted by atomic mass is 16.3. The number of nitrogens with zero attached hydrogens (tertiary/aromatic N) is 3. The molecule has 0 spiro atoms. The summed E-state index contributed by atoms with van der Waals surface area (Å²) in [4.78, 5) is 2.32. The summed E-state index contributed by atoms with van der Waals surface area (Å²) in [7, 11) is 2.14. The average molecular weight is 349 g/mol. The first-order valence-electron chi connectivity index (χ1n) is 9.05. The Kier molecular flexibility index (Phi) is 5.86. The van der Waals surface area contributed by atoms with E-state index >= 15 is 0 Å². The molecule has 26 heavy (non-hydrogen) atoms. The van der Waals surface area contributed by atoms with E-state index in [0.717, 1.165) is 24.5 Å². The third kappa shape index (κ3) is 4.03. The highest BCUT2D eigenvalue weighted by Crippen LogP contribution is 2.25. The summed E-state index contributed by atoms with van der Waals surface area (Å²) in [5.74, 6) is 0. The van der Waals surface area contributed by atoms with E-state index in [1.54, 1.807) is 0 Å². The zero-order chi connectivity index (χ0) is 18.5. The Hall–Kier alpha value is -2.43. The van der Waals surface area contributed by atoms with Crippen LogP contribution in [0.15, 0.2) is 54.6 Å². The van der Waals surface area contributed by atoms with E-state index in [2.05, 4.69) is 72.5 Å². The lowest BCUT2D eigenvalue weighted by Gasteiger charge is -2.19. The van der Waals surface area contributed by atoms with Gasteiger partial charge in [-0.05, 0) is 37.6 Å². The third-order valence-corrected chi connectivity index (χ3v) is 4.81. The van der Waals surface area contributed by atoms with E-state index < -0.39 is 0 Å². The SMILES string of the molecule is Cc1nn(CCO)c(C)c1CN(C)Cc1ccccc1-c1ccccc1. The Labute approximate surface area is 155 Å². The van der Waals surface area contributed by atoms with Gasteiger partial charge in [0.1, 0.15) is 0 Å². The van der Waals surface area contributed by atoms with Crippen LogP contribution in [0.4, 0.5) is 0 Å². The molecule has 0 aliphatic rings. The topological polar surface area (TPSA) is 41.3 Å². The van der Waals surface area contributed by atoms with Gasteiger partial charge in [0.25, 0.3) is 0 Å². The molecule has 3 rings (SSSR count). The minimum absolute atomic E-state index is 0.113. The lowest BCUT2D eigenvalue weighted by Crippen LogP contribution is -2.18. The highest BCUT2D eigenvalue weighted by Gasteiger charge is 2.14. The Bertz CT molecular complexity index is 855. The number of aromatic nitrogens is 2. The maximum atomic E-state index is 9.19. The number of aliphatic hydroxyl groups excluding tert-OH is 1. The monoisotopic (exact) mass is 349 g/mol. The second kappa shape index (κ2) is 8.30. The molecular formula is C22H27N3O. The predicted molar refractivity (Wildman–Crippen MR) is 106 cm³/mol. The Morgan fingerprint density at radius 2 is 1.65 bits per heavy atom. The van der Waals surface area contributed by atoms with Crippen LogP contribution in [0.1, 0.15) is 22.5 Å². The lowest BCUT2D eigenvalue weighted by atomic mass is 9.99. The van der Waals surface area contributed by atoms with Gasteiger partial charge in [0, 0.05) is 24.3 Å². The maximum absolute atomic E-state index is 9.19. The predicted octanol–water partition coefficient (Wildman–Crippen LogP) is 3.79. The normalized spacial score (nSPS) is 11.3. The minimum Gasteiger partial charge on any atom is -0.394 e. The van der Waals surface area contributed by atoms with Crippen LogP contribution < -0.4 is 0 Å². The largest absolute Gasteiger partial charge is 0.394 e. The molecule has 0 radical (unpaired) electrons. The molecule has 136 valence electrons. The minimum atomic E-state index is 0.113. The van der Waals surface area contributed by atoms with E-state index in [1.807, 2.05) is 17.7 Å². The molecule has 4 heteroatoms. The average Bonchev–Trinajstić information content (AvgIpc) is 2.91. The third-order valence-electron chi connectivity index (χ3n) is 4.81. The van der Waals surface area contributed by atoms with Crippen molar-refractivity contribution in [2.24, 2.45) is 0 Å². The van der Waals surface area contributed by atoms with Gasteiger partial charge in [0.2, 0.25) is 0 Å². The Morgan fingerprint density at radius 3 is 2.38 bits per heavy atom. The summed E-state index contributed by atoms with van der Waals surface area (Å²) in [5, 5.41) is 13.7. The molecule has 0 amide bonds. The fraction of sp³-hybridized carbons (Fsp3) is 0.318. The van der Waals surface area contributed by atoms with Crippen LogP contribution in [0, 0.1) is 13.8 Å². The molecule has 1 heterocycles. The van der Waals surface area contributed by atoms with Gasteiger partial charge in [-0.25, -0.2) is 0 Å². The Balaban J connectivity index is 1.79. The fourth-order valence-electron chi connectivity index (χ4n) is 3.45. The van der Waals surface area contributed by atoms with Gasteiger partial charge in [-0.2, -0.15) is 5.10 Å². The van der Waals surface area contributed by atoms with Crippen molar-refractivity contribution in [3.8, 4) is 11.1 Å². The van der Waals surface area contributed by atoms with Crippen LogP contribution in [0.25, 0.3) is 11.1 Å². The smallest absolute Gasteiger partial charge is 0.0644 e. The van der Waals surface area contributed by atoms with Gasteiger partial charge >= 0.3 is 0 Å². The van der Waals surface area contributed by atoms with E-state index in [-0.39, 0.29) is 6.61 Å². The van der Waals surface area contributed by atoms with Crippen molar-refractivity contribution in [1.82, 2.24) is 14.7 Å². The van der Waals surface area contributed by atoms with Gasteiger partial charge < -0.3 is 5.11 Å². The summed E-state index contributed by atoms with van der Waals surface area (Å²) in [5.41, 5.74) is 7.28. The number of hydrogen-bond donors (Lipinski definition) is 1. The lowest BCUT2D eigenvalue weighted by molar-refractivity contribution is 0.267. The second-order valence-corrected chi connectivity index (χ2v) is 6.79. The molecule has 2 aromatic carbocycles. The van der Waals surface area contributed by atoms with E-state index in [4.69, 9.17) is 0 Å². The standard InChI is InChI=1S/C22H27N3O/c1-17-22(18(2)25(23-17)13-14-26)16-24(3)15-20-11-7-8-12-21(20)19-9-5-4-6-10-19/h4-12,26H,13-16H2,1-3H3. The van der Waals surface area contributed by atoms with Crippen molar-refractivity contribution in [2.45, 2.75) is 33.5 Å². The van der Waals surface area contributed by atoms with Crippen LogP contribution in [0.5, 0.6) is 0 Å². The first-order chi connectivity index (χ1) is 12.6. The number of hydrogen-bond acceptors (Lipinski definition) is 3. The van der Waals surface area contributed by atoms with Gasteiger partial charge in [-0.15, -0.1) is 0 Å². The van der Waals surface area contributed by atoms with Gasteiger partial charge in [-0.3, -0.25) is 9.58 Å². The van der Waals surface area contributed by atoms with Crippen LogP contribution in [0.3, 0.4) is 0 Å². The number of rotatable bonds is 7. The summed E-state index contributed by atoms with van der Waals surface area (Å²) in [6, 6.07) is 19.1. The van der Waals surface area contributed by atoms with Crippen molar-refractivity contribution in [3.63, 3.8) is 0 Å². The van der Waals surface area contributed by atoms with E-state index in [9.17, 15) is 5.11 Å². The molecule has 1 aromatic heterocycles. The van der Waals surface area contributed by atoms with Crippen molar-refractivity contribution in [3.05, 3.63) is 77.1 Å². The highest BCUT2D eigenvalue weighted by molar-refractivity contribution is 5.67. The van der Waals surface area contributed by atoms with Crippen LogP contribution in [0.2, 0.25) is 0 Å². The maximum Gasteiger partial charge on any atom is 0.0644 e. The summed E-state index contributed by atoms with van der Waals surface area (Å²) in [6.07, 6.45) is 0. The second-order valence-electron chi connectivity index (χ2n) is 6.79. The molecule has 4 nitrogen and oxygen atoms in total. The first kappa shape index (κ1) is 18.4. The van der Waals surface area contributed by atoms with E-state index in [0.29, 0.717) is 6.54 Å². The number of aliphatic hydroxyl groups is 1. The molecular weight excluding hydrogens is 322 g/mol. The molecule has 0 saturated heterocycles. The van der Waals surface area contributed by atoms with Crippen molar-refractivity contribution in [2.75, 3.05) is 13.7 Å². The fourth-order valence-corrected chi connectivity index (χ4v) is 3.45. The zero-order valence-corrected chi connectivity index (χ0v) is 15.8. The number of aryl methyl sites for hydroxylation is 1. The quantitative estimate of drug-likeness (QED) is 0.705. The van der Waals surface area contributed by atoms with E-state index in [1.165, 1.54) is 22.3 Å². The number of benzene rings is 2. The van der Waals surface area contributed by atoms with Crippen LogP contribution in [-0.4, -0.2) is 33.4 Å². The summed E-state index contributed by atoms with van der Waals surface area (Å²) < 4.78 is 1.90. The summed E-state index contributed by atoms with van der Waals surface area (Å²) >= 11 is 0. The first-order valence-corrected chi connectivity index (χ1v) is 9.05. The molecule has 0 fully saturated rings. The van der Waals surface area contributed by atoms with Gasteiger partial charge in [0.15, 0.2) is 0 Å². The zero-order valence-electron chi connectivity index (χ0n) is 15.8. The molecule has 0 unspecified atom stereocenters. The van der Waals surface area contributed by atoms with Gasteiger partial charge in [-0.1, -0.05) is 54.6 Å². The van der Waals surface area contributed by atoms with Crippen LogP contribution >= 0.6 is 0 Å². The molecule has 0 atom stereocenters. The van der Waals surface area contributed by atoms with Gasteiger partial charge in [0.05, 0.1) is 18.8 Å². The molecule has 0 aliphatic heterocycles.